The van der Waals surface area contributed by atoms with Crippen molar-refractivity contribution >= 4 is 11.6 Å². The van der Waals surface area contributed by atoms with Gasteiger partial charge in [-0.3, -0.25) is 4.79 Å². The van der Waals surface area contributed by atoms with E-state index in [4.69, 9.17) is 0 Å². The van der Waals surface area contributed by atoms with Crippen LogP contribution in [0, 0.1) is 43.9 Å². The number of hydrogen-bond donors (Lipinski definition) is 2. The molecule has 1 atom stereocenters. The number of hydrogen-bond acceptors (Lipinski definition) is 1. The smallest absolute Gasteiger partial charge is 0.282 e. The first-order chi connectivity index (χ1) is 12.3. The van der Waals surface area contributed by atoms with E-state index in [2.05, 4.69) is 50.5 Å². The lowest BCUT2D eigenvalue weighted by atomic mass is 9.49. The van der Waals surface area contributed by atoms with Gasteiger partial charge in [0.1, 0.15) is 0 Å². The number of anilines is 1. The molecule has 142 valence electrons. The Morgan fingerprint density at radius 2 is 1.58 bits per heavy atom. The predicted octanol–water partition coefficient (Wildman–Crippen LogP) is 3.72. The van der Waals surface area contributed by atoms with Gasteiger partial charge in [-0.15, -0.1) is 0 Å². The van der Waals surface area contributed by atoms with E-state index in [-0.39, 0.29) is 11.9 Å². The number of nitrogens with one attached hydrogen (secondary N) is 1. The molecule has 1 aromatic carbocycles. The van der Waals surface area contributed by atoms with Crippen LogP contribution in [0.5, 0.6) is 0 Å². The third-order valence-corrected chi connectivity index (χ3v) is 7.41. The van der Waals surface area contributed by atoms with Crippen molar-refractivity contribution in [2.75, 3.05) is 11.9 Å². The van der Waals surface area contributed by atoms with Gasteiger partial charge in [0, 0.05) is 11.1 Å². The average molecular weight is 356 g/mol. The maximum absolute atomic E-state index is 12.8. The molecule has 4 saturated carbocycles. The Bertz CT molecular complexity index is 650. The van der Waals surface area contributed by atoms with E-state index >= 15 is 0 Å². The van der Waals surface area contributed by atoms with Gasteiger partial charge in [0.2, 0.25) is 0 Å². The number of benzene rings is 1. The molecule has 4 bridgehead atoms. The number of carbonyl (C=O) groups excluding carboxylic acids is 1. The Morgan fingerprint density at radius 3 is 2.08 bits per heavy atom. The summed E-state index contributed by atoms with van der Waals surface area (Å²) in [5.74, 6) is 3.09. The average Bonchev–Trinajstić information content (AvgIpc) is 2.54. The maximum atomic E-state index is 12.8. The molecule has 0 radical (unpaired) electrons. The van der Waals surface area contributed by atoms with Crippen LogP contribution >= 0.6 is 0 Å². The normalized spacial score (nSPS) is 33.3. The van der Waals surface area contributed by atoms with Crippen LogP contribution < -0.4 is 10.6 Å². The van der Waals surface area contributed by atoms with Gasteiger partial charge in [0.25, 0.3) is 5.91 Å². The molecule has 4 fully saturated rings. The van der Waals surface area contributed by atoms with Crippen LogP contribution in [-0.4, -0.2) is 18.5 Å². The number of quaternary nitrogens is 1. The lowest BCUT2D eigenvalue weighted by Gasteiger charge is -2.56. The molecule has 0 aliphatic heterocycles. The van der Waals surface area contributed by atoms with Crippen molar-refractivity contribution in [2.45, 2.75) is 72.3 Å². The highest BCUT2D eigenvalue weighted by atomic mass is 16.2. The standard InChI is InChI=1S/C23H34N2O/c1-14-5-15(2)21(16(3)6-14)25-22(26)17(4)24-13-23-10-18-7-19(11-23)9-20(8-18)12-23/h5-6,17-20,24H,7-13H2,1-4H3,(H,25,26)/p+1/t17-,18?,19?,20?,23?/m0/s1. The molecule has 1 amide bonds. The Labute approximate surface area is 158 Å². The van der Waals surface area contributed by atoms with Gasteiger partial charge >= 0.3 is 0 Å². The molecule has 0 unspecified atom stereocenters. The minimum atomic E-state index is -0.0249. The zero-order chi connectivity index (χ0) is 18.5. The van der Waals surface area contributed by atoms with Gasteiger partial charge in [-0.1, -0.05) is 17.7 Å². The summed E-state index contributed by atoms with van der Waals surface area (Å²) in [5, 5.41) is 5.51. The zero-order valence-corrected chi connectivity index (χ0v) is 16.9. The molecule has 1 aromatic rings. The Hall–Kier alpha value is -1.35. The van der Waals surface area contributed by atoms with Crippen LogP contribution in [-0.2, 0) is 4.79 Å². The second-order valence-electron chi connectivity index (χ2n) is 9.91. The minimum Gasteiger partial charge on any atom is -0.336 e. The van der Waals surface area contributed by atoms with E-state index in [1.807, 2.05) is 0 Å². The van der Waals surface area contributed by atoms with Crippen molar-refractivity contribution in [2.24, 2.45) is 23.2 Å². The largest absolute Gasteiger partial charge is 0.336 e. The molecule has 5 rings (SSSR count). The second kappa shape index (κ2) is 6.67. The van der Waals surface area contributed by atoms with Gasteiger partial charge in [-0.05, 0) is 95.1 Å². The molecule has 0 spiro atoms. The number of aryl methyl sites for hydroxylation is 3. The van der Waals surface area contributed by atoms with Gasteiger partial charge in [-0.25, -0.2) is 0 Å². The highest BCUT2D eigenvalue weighted by Crippen LogP contribution is 2.59. The molecule has 3 N–H and O–H groups in total. The number of rotatable bonds is 5. The van der Waals surface area contributed by atoms with Crippen LogP contribution in [0.3, 0.4) is 0 Å². The third-order valence-electron chi connectivity index (χ3n) is 7.41. The molecule has 26 heavy (non-hydrogen) atoms. The summed E-state index contributed by atoms with van der Waals surface area (Å²) in [6.07, 6.45) is 8.71. The van der Waals surface area contributed by atoms with Crippen LogP contribution in [0.2, 0.25) is 0 Å². The maximum Gasteiger partial charge on any atom is 0.282 e. The summed E-state index contributed by atoms with van der Waals surface area (Å²) in [5.41, 5.74) is 5.09. The first-order valence-corrected chi connectivity index (χ1v) is 10.6. The highest BCUT2D eigenvalue weighted by molar-refractivity contribution is 5.95. The minimum absolute atomic E-state index is 0.0249. The monoisotopic (exact) mass is 355 g/mol. The van der Waals surface area contributed by atoms with Gasteiger partial charge in [-0.2, -0.15) is 0 Å². The summed E-state index contributed by atoms with van der Waals surface area (Å²) in [7, 11) is 0. The molecule has 0 aromatic heterocycles. The summed E-state index contributed by atoms with van der Waals surface area (Å²) in [4.78, 5) is 12.8. The van der Waals surface area contributed by atoms with Crippen molar-refractivity contribution in [3.8, 4) is 0 Å². The fraction of sp³-hybridized carbons (Fsp3) is 0.696. The summed E-state index contributed by atoms with van der Waals surface area (Å²) in [6.45, 7) is 9.47. The van der Waals surface area contributed by atoms with E-state index in [1.165, 1.54) is 44.1 Å². The van der Waals surface area contributed by atoms with Crippen LogP contribution in [0.25, 0.3) is 0 Å². The SMILES string of the molecule is Cc1cc(C)c(NC(=O)[C@H](C)[NH2+]CC23CC4CC(CC(C4)C2)C3)c(C)c1. The quantitative estimate of drug-likeness (QED) is 0.831. The summed E-state index contributed by atoms with van der Waals surface area (Å²) >= 11 is 0. The van der Waals surface area contributed by atoms with Crippen molar-refractivity contribution in [3.05, 3.63) is 28.8 Å². The van der Waals surface area contributed by atoms with Crippen LogP contribution in [0.4, 0.5) is 5.69 Å². The molecular formula is C23H35N2O+. The predicted molar refractivity (Wildman–Crippen MR) is 106 cm³/mol. The van der Waals surface area contributed by atoms with Crippen LogP contribution in [0.1, 0.15) is 62.1 Å². The second-order valence-corrected chi connectivity index (χ2v) is 9.91. The first kappa shape index (κ1) is 18.0. The highest BCUT2D eigenvalue weighted by Gasteiger charge is 2.51. The van der Waals surface area contributed by atoms with Crippen LogP contribution in [0.15, 0.2) is 12.1 Å². The fourth-order valence-corrected chi connectivity index (χ4v) is 6.69. The number of amides is 1. The van der Waals surface area contributed by atoms with E-state index in [0.717, 1.165) is 41.1 Å². The van der Waals surface area contributed by atoms with Gasteiger partial charge in [0.05, 0.1) is 6.54 Å². The molecule has 0 heterocycles. The molecular weight excluding hydrogens is 320 g/mol. The van der Waals surface area contributed by atoms with E-state index < -0.39 is 0 Å². The molecule has 4 aliphatic carbocycles. The van der Waals surface area contributed by atoms with Crippen molar-refractivity contribution < 1.29 is 10.1 Å². The topological polar surface area (TPSA) is 45.7 Å². The summed E-state index contributed by atoms with van der Waals surface area (Å²) in [6, 6.07) is 4.27. The van der Waals surface area contributed by atoms with Crippen molar-refractivity contribution in [1.29, 1.82) is 0 Å². The van der Waals surface area contributed by atoms with E-state index in [0.29, 0.717) is 5.41 Å². The fourth-order valence-electron chi connectivity index (χ4n) is 6.69. The van der Waals surface area contributed by atoms with E-state index in [9.17, 15) is 4.79 Å². The lowest BCUT2D eigenvalue weighted by Crippen LogP contribution is -2.94. The van der Waals surface area contributed by atoms with Gasteiger partial charge in [0.15, 0.2) is 6.04 Å². The third kappa shape index (κ3) is 3.43. The summed E-state index contributed by atoms with van der Waals surface area (Å²) < 4.78 is 0. The Balaban J connectivity index is 1.37. The number of nitrogens with two attached hydrogens (primary N) is 1. The Kier molecular flexibility index (Phi) is 4.63. The van der Waals surface area contributed by atoms with E-state index in [1.54, 1.807) is 0 Å². The number of carbonyl (C=O) groups is 1. The van der Waals surface area contributed by atoms with Crippen molar-refractivity contribution in [1.82, 2.24) is 0 Å². The first-order valence-electron chi connectivity index (χ1n) is 10.6. The molecule has 3 heteroatoms. The molecule has 0 saturated heterocycles. The zero-order valence-electron chi connectivity index (χ0n) is 16.9. The van der Waals surface area contributed by atoms with Crippen molar-refractivity contribution in [3.63, 3.8) is 0 Å². The Morgan fingerprint density at radius 1 is 1.08 bits per heavy atom. The molecule has 3 nitrogen and oxygen atoms in total. The molecule has 4 aliphatic rings. The van der Waals surface area contributed by atoms with Gasteiger partial charge < -0.3 is 10.6 Å². The lowest BCUT2D eigenvalue weighted by molar-refractivity contribution is -0.686.